The highest BCUT2D eigenvalue weighted by Crippen LogP contribution is 2.35. The van der Waals surface area contributed by atoms with Crippen molar-refractivity contribution in [1.29, 1.82) is 0 Å². The molecule has 1 aliphatic rings. The Kier molecular flexibility index (Phi) is 4.12. The zero-order valence-corrected chi connectivity index (χ0v) is 13.7. The first-order valence-electron chi connectivity index (χ1n) is 7.53. The smallest absolute Gasteiger partial charge is 0.254 e. The zero-order valence-electron chi connectivity index (χ0n) is 12.8. The number of likely N-dealkylation sites (tertiary alicyclic amines) is 1. The van der Waals surface area contributed by atoms with Crippen LogP contribution in [0.1, 0.15) is 57.0 Å². The van der Waals surface area contributed by atoms with Gasteiger partial charge in [0, 0.05) is 22.5 Å². The third-order valence-corrected chi connectivity index (χ3v) is 5.09. The van der Waals surface area contributed by atoms with E-state index in [4.69, 9.17) is 0 Å². The fourth-order valence-electron chi connectivity index (χ4n) is 3.06. The van der Waals surface area contributed by atoms with Crippen LogP contribution in [-0.4, -0.2) is 23.1 Å². The fraction of sp³-hybridized carbons (Fsp3) is 0.333. The van der Waals surface area contributed by atoms with E-state index in [1.54, 1.807) is 17.4 Å². The first kappa shape index (κ1) is 15.0. The number of Topliss-reactive ketones (excluding diaryl/α,β-unsaturated/α-hetero) is 1. The molecule has 22 heavy (non-hydrogen) atoms. The quantitative estimate of drug-likeness (QED) is 0.795. The molecule has 4 heteroatoms. The molecule has 0 N–H and O–H groups in total. The maximum atomic E-state index is 12.9. The van der Waals surface area contributed by atoms with Crippen LogP contribution >= 0.6 is 11.3 Å². The van der Waals surface area contributed by atoms with Crippen molar-refractivity contribution in [2.45, 2.75) is 32.7 Å². The van der Waals surface area contributed by atoms with Gasteiger partial charge in [-0.15, -0.1) is 11.3 Å². The molecule has 0 bridgehead atoms. The number of carbonyl (C=O) groups excluding carboxylic acids is 2. The monoisotopic (exact) mass is 313 g/mol. The van der Waals surface area contributed by atoms with E-state index in [0.29, 0.717) is 11.1 Å². The maximum Gasteiger partial charge on any atom is 0.254 e. The summed E-state index contributed by atoms with van der Waals surface area (Å²) < 4.78 is 0. The SMILES string of the molecule is CC(=O)c1cc(C)cc(C(=O)N2CCCC2c2cccs2)c1. The van der Waals surface area contributed by atoms with E-state index in [0.717, 1.165) is 24.9 Å². The van der Waals surface area contributed by atoms with Gasteiger partial charge in [-0.3, -0.25) is 9.59 Å². The van der Waals surface area contributed by atoms with Crippen LogP contribution in [0.2, 0.25) is 0 Å². The molecule has 1 atom stereocenters. The van der Waals surface area contributed by atoms with Crippen molar-refractivity contribution in [3.63, 3.8) is 0 Å². The molecule has 2 heterocycles. The summed E-state index contributed by atoms with van der Waals surface area (Å²) in [5, 5.41) is 2.05. The van der Waals surface area contributed by atoms with Gasteiger partial charge in [0.2, 0.25) is 0 Å². The molecule has 0 aliphatic carbocycles. The van der Waals surface area contributed by atoms with E-state index in [9.17, 15) is 9.59 Å². The van der Waals surface area contributed by atoms with Crippen molar-refractivity contribution in [3.8, 4) is 0 Å². The van der Waals surface area contributed by atoms with Gasteiger partial charge in [-0.25, -0.2) is 0 Å². The molecule has 1 aromatic carbocycles. The maximum absolute atomic E-state index is 12.9. The molecule has 2 aromatic rings. The van der Waals surface area contributed by atoms with Gasteiger partial charge in [0.25, 0.3) is 5.91 Å². The second-order valence-electron chi connectivity index (χ2n) is 5.82. The van der Waals surface area contributed by atoms with Gasteiger partial charge in [0.15, 0.2) is 5.78 Å². The van der Waals surface area contributed by atoms with Crippen LogP contribution < -0.4 is 0 Å². The summed E-state index contributed by atoms with van der Waals surface area (Å²) in [6.07, 6.45) is 2.04. The number of nitrogens with zero attached hydrogens (tertiary/aromatic N) is 1. The van der Waals surface area contributed by atoms with Crippen molar-refractivity contribution in [2.24, 2.45) is 0 Å². The van der Waals surface area contributed by atoms with Gasteiger partial charge in [-0.1, -0.05) is 6.07 Å². The molecule has 1 aliphatic heterocycles. The van der Waals surface area contributed by atoms with E-state index in [1.165, 1.54) is 11.8 Å². The lowest BCUT2D eigenvalue weighted by Crippen LogP contribution is -2.30. The Morgan fingerprint density at radius 3 is 2.68 bits per heavy atom. The second kappa shape index (κ2) is 6.05. The Labute approximate surface area is 134 Å². The highest BCUT2D eigenvalue weighted by atomic mass is 32.1. The summed E-state index contributed by atoms with van der Waals surface area (Å²) >= 11 is 1.70. The van der Waals surface area contributed by atoms with Crippen LogP contribution in [-0.2, 0) is 0 Å². The highest BCUT2D eigenvalue weighted by Gasteiger charge is 2.31. The first-order chi connectivity index (χ1) is 10.6. The summed E-state index contributed by atoms with van der Waals surface area (Å²) in [5.41, 5.74) is 2.17. The van der Waals surface area contributed by atoms with Crippen LogP contribution in [0, 0.1) is 6.92 Å². The van der Waals surface area contributed by atoms with Crippen LogP contribution in [0.3, 0.4) is 0 Å². The zero-order chi connectivity index (χ0) is 15.7. The van der Waals surface area contributed by atoms with E-state index in [-0.39, 0.29) is 17.7 Å². The third-order valence-electron chi connectivity index (χ3n) is 4.12. The molecule has 1 aromatic heterocycles. The largest absolute Gasteiger partial charge is 0.331 e. The summed E-state index contributed by atoms with van der Waals surface area (Å²) in [6, 6.07) is 9.73. The standard InChI is InChI=1S/C18H19NO2S/c1-12-9-14(13(2)20)11-15(10-12)18(21)19-7-3-5-16(19)17-6-4-8-22-17/h4,6,8-11,16H,3,5,7H2,1-2H3. The summed E-state index contributed by atoms with van der Waals surface area (Å²) in [6.45, 7) is 4.24. The van der Waals surface area contributed by atoms with Gasteiger partial charge in [0.05, 0.1) is 6.04 Å². The molecule has 1 saturated heterocycles. The van der Waals surface area contributed by atoms with Crippen LogP contribution in [0.5, 0.6) is 0 Å². The van der Waals surface area contributed by atoms with E-state index in [2.05, 4.69) is 11.4 Å². The second-order valence-corrected chi connectivity index (χ2v) is 6.80. The summed E-state index contributed by atoms with van der Waals surface area (Å²) in [4.78, 5) is 27.7. The summed E-state index contributed by atoms with van der Waals surface area (Å²) in [7, 11) is 0. The van der Waals surface area contributed by atoms with Crippen LogP contribution in [0.15, 0.2) is 35.7 Å². The molecule has 0 saturated carbocycles. The predicted octanol–water partition coefficient (Wildman–Crippen LogP) is 4.24. The number of hydrogen-bond donors (Lipinski definition) is 0. The number of hydrogen-bond acceptors (Lipinski definition) is 3. The average Bonchev–Trinajstić information content (AvgIpc) is 3.16. The molecular weight excluding hydrogens is 294 g/mol. The molecular formula is C18H19NO2S. The Bertz CT molecular complexity index is 706. The fourth-order valence-corrected chi connectivity index (χ4v) is 3.94. The average molecular weight is 313 g/mol. The molecule has 0 spiro atoms. The number of rotatable bonds is 3. The van der Waals surface area contributed by atoms with Crippen molar-refractivity contribution >= 4 is 23.0 Å². The number of thiophene rings is 1. The van der Waals surface area contributed by atoms with Gasteiger partial charge >= 0.3 is 0 Å². The Hall–Kier alpha value is -1.94. The molecule has 3 nitrogen and oxygen atoms in total. The Balaban J connectivity index is 1.92. The van der Waals surface area contributed by atoms with Crippen LogP contribution in [0.25, 0.3) is 0 Å². The van der Waals surface area contributed by atoms with Gasteiger partial charge in [-0.2, -0.15) is 0 Å². The van der Waals surface area contributed by atoms with Crippen molar-refractivity contribution < 1.29 is 9.59 Å². The van der Waals surface area contributed by atoms with E-state index >= 15 is 0 Å². The topological polar surface area (TPSA) is 37.4 Å². The number of carbonyl (C=O) groups is 2. The molecule has 1 fully saturated rings. The number of benzene rings is 1. The lowest BCUT2D eigenvalue weighted by Gasteiger charge is -2.24. The Morgan fingerprint density at radius 1 is 1.23 bits per heavy atom. The van der Waals surface area contributed by atoms with Gasteiger partial charge < -0.3 is 4.90 Å². The third kappa shape index (κ3) is 2.83. The predicted molar refractivity (Wildman–Crippen MR) is 88.5 cm³/mol. The minimum atomic E-state index is -0.00558. The normalized spacial score (nSPS) is 17.7. The van der Waals surface area contributed by atoms with E-state index in [1.807, 2.05) is 30.0 Å². The number of amides is 1. The van der Waals surface area contributed by atoms with Crippen LogP contribution in [0.4, 0.5) is 0 Å². The van der Waals surface area contributed by atoms with Crippen molar-refractivity contribution in [3.05, 3.63) is 57.3 Å². The first-order valence-corrected chi connectivity index (χ1v) is 8.41. The van der Waals surface area contributed by atoms with Crippen molar-refractivity contribution in [1.82, 2.24) is 4.90 Å². The summed E-state index contributed by atoms with van der Waals surface area (Å²) in [5.74, 6) is 0.0241. The Morgan fingerprint density at radius 2 is 2.00 bits per heavy atom. The molecule has 0 radical (unpaired) electrons. The van der Waals surface area contributed by atoms with E-state index < -0.39 is 0 Å². The lowest BCUT2D eigenvalue weighted by atomic mass is 10.0. The number of aryl methyl sites for hydroxylation is 1. The minimum absolute atomic E-state index is 0.00558. The molecule has 1 amide bonds. The minimum Gasteiger partial charge on any atom is -0.331 e. The highest BCUT2D eigenvalue weighted by molar-refractivity contribution is 7.10. The molecule has 1 unspecified atom stereocenters. The van der Waals surface area contributed by atoms with Crippen molar-refractivity contribution in [2.75, 3.05) is 6.54 Å². The molecule has 114 valence electrons. The lowest BCUT2D eigenvalue weighted by molar-refractivity contribution is 0.0738. The molecule has 3 rings (SSSR count). The van der Waals surface area contributed by atoms with Gasteiger partial charge in [0.1, 0.15) is 0 Å². The number of ketones is 1. The van der Waals surface area contributed by atoms with Gasteiger partial charge in [-0.05, 0) is 61.9 Å².